The number of H-pyrrole nitrogens is 2. The average Bonchev–Trinajstić information content (AvgIpc) is 1.61. The van der Waals surface area contributed by atoms with Gasteiger partial charge in [-0.15, -0.1) is 15.3 Å². The molecule has 0 amide bonds. The van der Waals surface area contributed by atoms with E-state index >= 15 is 0 Å². The Labute approximate surface area is 799 Å². The van der Waals surface area contributed by atoms with E-state index in [4.69, 9.17) is 192 Å². The number of nitrogens with two attached hydrogens (primary N) is 6. The highest BCUT2D eigenvalue weighted by Crippen LogP contribution is 2.58. The molecule has 19 atom stereocenters. The van der Waals surface area contributed by atoms with Gasteiger partial charge in [0.25, 0.3) is 11.1 Å². The van der Waals surface area contributed by atoms with Crippen molar-refractivity contribution in [1.82, 2.24) is 87.9 Å². The Balaban J connectivity index is 0.000000145. The molecule has 47 nitrogen and oxygen atoms in total. The lowest BCUT2D eigenvalue weighted by Gasteiger charge is -2.24. The van der Waals surface area contributed by atoms with Gasteiger partial charge in [-0.2, -0.15) is 15.2 Å². The minimum atomic E-state index is -3.88. The molecule has 0 aliphatic carbocycles. The second kappa shape index (κ2) is 40.6. The van der Waals surface area contributed by atoms with Crippen molar-refractivity contribution in [3.8, 4) is 11.5 Å². The molecule has 718 valence electrons. The summed E-state index contributed by atoms with van der Waals surface area (Å²) in [6.07, 6.45) is -10.4. The van der Waals surface area contributed by atoms with Crippen molar-refractivity contribution in [2.24, 2.45) is 11.8 Å². The van der Waals surface area contributed by atoms with Crippen LogP contribution >= 0.6 is 131 Å². The summed E-state index contributed by atoms with van der Waals surface area (Å²) in [6, 6.07) is 22.9. The molecule has 2 unspecified atom stereocenters. The number of fused-ring (bicyclic) bond motifs is 5. The highest BCUT2D eigenvalue weighted by Gasteiger charge is 2.61. The molecule has 22 N–H and O–H groups in total. The number of aromatic amines is 2. The van der Waals surface area contributed by atoms with Crippen molar-refractivity contribution in [3.05, 3.63) is 165 Å². The predicted octanol–water partition coefficient (Wildman–Crippen LogP) is 4.79. The van der Waals surface area contributed by atoms with Crippen molar-refractivity contribution in [1.29, 1.82) is 0 Å². The van der Waals surface area contributed by atoms with Crippen LogP contribution in [0.25, 0.3) is 28.0 Å². The molecule has 5 aliphatic rings. The molecule has 5 saturated heterocycles. The molecule has 0 saturated carbocycles. The molecular formula is C74H84Cl10N24O23P2. The topological polar surface area (TPSA) is 699 Å². The van der Waals surface area contributed by atoms with Gasteiger partial charge in [0, 0.05) is 11.8 Å². The average molecular weight is 2090 g/mol. The van der Waals surface area contributed by atoms with Gasteiger partial charge < -0.3 is 108 Å². The first-order valence-electron chi connectivity index (χ1n) is 39.4. The van der Waals surface area contributed by atoms with E-state index in [0.717, 1.165) is 0 Å². The van der Waals surface area contributed by atoms with Gasteiger partial charge in [-0.05, 0) is 62.4 Å². The van der Waals surface area contributed by atoms with Gasteiger partial charge in [-0.25, -0.2) is 56.6 Å². The summed E-state index contributed by atoms with van der Waals surface area (Å²) in [5, 5.41) is 99.3. The lowest BCUT2D eigenvalue weighted by atomic mass is 10.1. The van der Waals surface area contributed by atoms with Gasteiger partial charge in [0.1, 0.15) is 138 Å². The highest BCUT2D eigenvalue weighted by molar-refractivity contribution is 7.54. The summed E-state index contributed by atoms with van der Waals surface area (Å²) >= 11 is 62.9. The number of hydrogen-bond acceptors (Lipinski definition) is 40. The van der Waals surface area contributed by atoms with Crippen molar-refractivity contribution in [3.63, 3.8) is 0 Å². The summed E-state index contributed by atoms with van der Waals surface area (Å²) in [5.74, 6) is -0.827. The van der Waals surface area contributed by atoms with Crippen molar-refractivity contribution < 1.29 is 101 Å². The van der Waals surface area contributed by atoms with Crippen molar-refractivity contribution in [2.45, 2.75) is 141 Å². The minimum absolute atomic E-state index is 0.0637. The Morgan fingerprint density at radius 3 is 1.07 bits per heavy atom. The number of aliphatic hydroxyl groups is 8. The Kier molecular flexibility index (Phi) is 31.1. The van der Waals surface area contributed by atoms with Crippen LogP contribution in [0.4, 0.5) is 35.3 Å². The fraction of sp³-hybridized carbons (Fsp3) is 0.446. The molecule has 2 aromatic carbocycles. The maximum absolute atomic E-state index is 13.6. The minimum Gasteiger partial charge on any atom is -0.424 e. The third-order valence-corrected chi connectivity index (χ3v) is 29.7. The summed E-state index contributed by atoms with van der Waals surface area (Å²) in [7, 11) is -7.73. The Morgan fingerprint density at radius 1 is 0.436 bits per heavy atom. The van der Waals surface area contributed by atoms with Crippen LogP contribution in [0.15, 0.2) is 126 Å². The molecule has 133 heavy (non-hydrogen) atoms. The maximum Gasteiger partial charge on any atom is 0.379 e. The van der Waals surface area contributed by atoms with Gasteiger partial charge in [0.15, 0.2) is 56.1 Å². The van der Waals surface area contributed by atoms with E-state index in [-0.39, 0.29) is 93.8 Å². The summed E-state index contributed by atoms with van der Waals surface area (Å²) < 4.78 is 76.1. The molecule has 15 heterocycles. The number of anilines is 6. The monoisotopic (exact) mass is 2090 g/mol. The number of aliphatic hydroxyl groups excluding tert-OH is 8. The summed E-state index contributed by atoms with van der Waals surface area (Å²) in [5.41, 5.74) is 36.0. The zero-order valence-corrected chi connectivity index (χ0v) is 78.6. The van der Waals surface area contributed by atoms with E-state index in [1.54, 1.807) is 80.6 Å². The van der Waals surface area contributed by atoms with E-state index in [9.17, 15) is 69.2 Å². The smallest absolute Gasteiger partial charge is 0.379 e. The molecule has 5 aliphatic heterocycles. The number of Topliss-reactive ketones (excluding diaryl/α,β-unsaturated/α-hetero) is 2. The first-order valence-corrected chi connectivity index (χ1v) is 46.6. The van der Waals surface area contributed by atoms with Crippen LogP contribution < -0.4 is 54.6 Å². The maximum atomic E-state index is 13.6. The van der Waals surface area contributed by atoms with E-state index in [0.29, 0.717) is 39.9 Å². The number of para-hydroxylation sites is 2. The fourth-order valence-electron chi connectivity index (χ4n) is 14.2. The number of carbonyl (C=O) groups is 2. The van der Waals surface area contributed by atoms with Gasteiger partial charge >= 0.3 is 15.2 Å². The number of hydrogen-bond donors (Lipinski definition) is 16. The number of nitrogen functional groups attached to an aromatic ring is 6. The van der Waals surface area contributed by atoms with Crippen LogP contribution in [-0.2, 0) is 51.5 Å². The number of alkyl halides is 10. The fourth-order valence-corrected chi connectivity index (χ4v) is 21.2. The zero-order valence-electron chi connectivity index (χ0n) is 69.2. The van der Waals surface area contributed by atoms with Gasteiger partial charge in [0.05, 0.1) is 92.4 Å². The number of benzene rings is 2. The first kappa shape index (κ1) is 102. The number of rotatable bonds is 24. The number of nitrogens with one attached hydrogen (secondary N) is 2. The number of ketones is 2. The van der Waals surface area contributed by atoms with Crippen molar-refractivity contribution in [2.75, 3.05) is 79.8 Å². The lowest BCUT2D eigenvalue weighted by molar-refractivity contribution is -0.120. The van der Waals surface area contributed by atoms with E-state index < -0.39 is 178 Å². The quantitative estimate of drug-likeness (QED) is 0.0285. The zero-order chi connectivity index (χ0) is 96.8. The Morgan fingerprint density at radius 2 is 0.744 bits per heavy atom. The van der Waals surface area contributed by atoms with Crippen LogP contribution in [0.2, 0.25) is 0 Å². The normalized spacial score (nSPS) is 26.1. The number of imidazole rings is 3. The van der Waals surface area contributed by atoms with E-state index in [1.807, 2.05) is 0 Å². The number of carbonyl (C=O) groups excluding carboxylic acids is 2. The SMILES string of the molecule is CC(=O)[C@H](C)CP(=O)(OC[C@H]1O[C@@H](c2ccc3c(=O)[nH]c(N)nn23)C(Cl)(Cl)[C@H]1O)Oc1ccccc1.CC(=O)[C@H](C)CP(=O)(OC[C@H]1O[C@@H](c2cnc3c(N)ncnn23)C(Cl)(Cl)[C@H]1O)Oc1ccccc1.Nc1nc(N)c2ncc([C@@H]3O[C@H](CO)[C@H](O)C3(Cl)Cl)n2n1.Nc1ncnn2c([C@@H]3O[C@H](CO)[C@H](O)C3(Cl)Cl)cnc12.Nc1nn2c([C@@H]3O[C@H](CO)[C@H](O)C3(Cl)Cl)ccc2c(=O)[nH]1. The Hall–Kier alpha value is -8.57. The first-order chi connectivity index (χ1) is 62.6. The summed E-state index contributed by atoms with van der Waals surface area (Å²) in [6.45, 7) is 3.95. The van der Waals surface area contributed by atoms with Gasteiger partial charge in [-0.3, -0.25) is 38.2 Å². The number of ether oxygens (including phenoxy) is 5. The molecule has 17 rings (SSSR count). The van der Waals surface area contributed by atoms with Crippen LogP contribution in [0, 0.1) is 11.8 Å². The Bertz CT molecular complexity index is 6430. The van der Waals surface area contributed by atoms with E-state index in [1.165, 1.54) is 85.9 Å². The molecule has 10 aromatic heterocycles. The second-order valence-electron chi connectivity index (χ2n) is 30.6. The molecule has 0 spiro atoms. The van der Waals surface area contributed by atoms with Gasteiger partial charge in [-0.1, -0.05) is 166 Å². The molecule has 0 radical (unpaired) electrons. The molecule has 12 aromatic rings. The highest BCUT2D eigenvalue weighted by atomic mass is 35.5. The largest absolute Gasteiger partial charge is 0.424 e. The van der Waals surface area contributed by atoms with Crippen LogP contribution in [0.3, 0.4) is 0 Å². The van der Waals surface area contributed by atoms with Gasteiger partial charge in [0.2, 0.25) is 17.8 Å². The molecule has 5 fully saturated rings. The second-order valence-corrected chi connectivity index (χ2v) is 41.9. The molecule has 0 bridgehead atoms. The number of halogens is 10. The van der Waals surface area contributed by atoms with Crippen LogP contribution in [0.1, 0.15) is 86.7 Å². The number of nitrogens with zero attached hydrogens (tertiary/aromatic N) is 16. The molecular weight excluding hydrogens is 2010 g/mol. The summed E-state index contributed by atoms with van der Waals surface area (Å²) in [4.78, 5) is 76.1. The van der Waals surface area contributed by atoms with Crippen LogP contribution in [0.5, 0.6) is 11.5 Å². The van der Waals surface area contributed by atoms with Crippen molar-refractivity contribution >= 4 is 206 Å². The van der Waals surface area contributed by atoms with Crippen LogP contribution in [-0.4, -0.2) is 268 Å². The molecule has 59 heteroatoms. The number of aromatic nitrogens is 18. The third kappa shape index (κ3) is 21.0. The lowest BCUT2D eigenvalue weighted by Crippen LogP contribution is -2.37. The third-order valence-electron chi connectivity index (χ3n) is 21.4. The predicted molar refractivity (Wildman–Crippen MR) is 483 cm³/mol. The van der Waals surface area contributed by atoms with E-state index in [2.05, 4.69) is 65.4 Å². The standard InChI is InChI=1S/C22H25Cl2N4O7P.C21H24Cl2N5O6P.C11H12Cl2N4O4.C10H12Cl2N6O3.C10H11Cl2N5O3/c1-12(13(2)29)11-36(32,35-14-6-4-3-5-7-14)33-10-17-18(30)22(23,24)19(34-17)15-8-9-16-20(31)26-21(25)27-28(15)16;1-12(13(2)29)10-35(31,34-14-6-4-3-5-7-14)32-9-16-17(30)21(22,23)18(33-16)15-8-25-20-19(24)26-11-27-28(15)20;12-11(13)7(19)6(3-18)21-8(11)4-1-2-5-9(20)15-10(14)16-17(4)5;11-10(12)5(20)4(2-19)21-6(10)3-1-15-8-7(13)16-9(14)17-18(3)8;11-10(12)6(19)5(2-18)20-7(10)4-1-14-9-8(13)15-3-16-17(4)9/h3-9,12,17-19,30H,10-11H2,1-2H3,(H3,25,26,27,31);3-8,11-12,16-18,30H,9-10H2,1-2H3,(H2,24,26,27);1-2,6-8,18-19H,3H2,(H3,14,15,16,20);1,4-6,19-20H,2H2,(H4,13,14,16,17);1,3,5-7,18-19H,2H2,(H2,13,15,16)/t12-,17-,18+,19+,36?;12-,16-,17+,18+,35?;6-,7+,8+;4-,5+,6+;5-,6+,7+/m11111/s1.